The van der Waals surface area contributed by atoms with E-state index in [4.69, 9.17) is 9.26 Å². The van der Waals surface area contributed by atoms with Gasteiger partial charge in [-0.3, -0.25) is 0 Å². The lowest BCUT2D eigenvalue weighted by Crippen LogP contribution is -2.38. The third-order valence-corrected chi connectivity index (χ3v) is 3.44. The van der Waals surface area contributed by atoms with Crippen LogP contribution < -0.4 is 5.32 Å². The number of carbonyl (C=O) groups is 1. The number of nitrogens with zero attached hydrogens (tertiary/aromatic N) is 2. The summed E-state index contributed by atoms with van der Waals surface area (Å²) in [6, 6.07) is 2.26. The topological polar surface area (TPSA) is 67.6 Å². The average Bonchev–Trinajstić information content (AvgIpc) is 2.78. The third kappa shape index (κ3) is 5.38. The molecule has 0 bridgehead atoms. The van der Waals surface area contributed by atoms with Crippen LogP contribution in [-0.4, -0.2) is 40.9 Å². The summed E-state index contributed by atoms with van der Waals surface area (Å²) in [4.78, 5) is 13.9. The van der Waals surface area contributed by atoms with E-state index in [1.807, 2.05) is 31.7 Å². The van der Waals surface area contributed by atoms with Crippen LogP contribution in [0.1, 0.15) is 45.7 Å². The van der Waals surface area contributed by atoms with Crippen LogP contribution in [0.25, 0.3) is 0 Å². The second-order valence-electron chi connectivity index (χ2n) is 6.47. The van der Waals surface area contributed by atoms with Gasteiger partial charge in [0.15, 0.2) is 0 Å². The van der Waals surface area contributed by atoms with Crippen molar-refractivity contribution in [1.82, 2.24) is 15.4 Å². The molecule has 118 valence electrons. The van der Waals surface area contributed by atoms with Crippen LogP contribution in [-0.2, 0) is 11.3 Å². The van der Waals surface area contributed by atoms with Gasteiger partial charge in [0.25, 0.3) is 0 Å². The molecule has 0 saturated carbocycles. The molecular formula is C15H25N3O3. The molecule has 1 aliphatic rings. The number of hydrogen-bond acceptors (Lipinski definition) is 5. The van der Waals surface area contributed by atoms with Crippen LogP contribution in [0.15, 0.2) is 16.9 Å². The Balaban J connectivity index is 1.77. The zero-order valence-corrected chi connectivity index (χ0v) is 13.1. The van der Waals surface area contributed by atoms with E-state index >= 15 is 0 Å². The zero-order valence-electron chi connectivity index (χ0n) is 13.1. The predicted octanol–water partition coefficient (Wildman–Crippen LogP) is 2.55. The molecule has 1 aromatic rings. The second kappa shape index (κ2) is 6.93. The van der Waals surface area contributed by atoms with Gasteiger partial charge in [-0.2, -0.15) is 0 Å². The van der Waals surface area contributed by atoms with Gasteiger partial charge in [-0.05, 0) is 40.0 Å². The lowest BCUT2D eigenvalue weighted by atomic mass is 10.1. The molecule has 1 aliphatic heterocycles. The van der Waals surface area contributed by atoms with E-state index in [1.165, 1.54) is 0 Å². The highest BCUT2D eigenvalue weighted by Gasteiger charge is 2.25. The Labute approximate surface area is 125 Å². The van der Waals surface area contributed by atoms with Gasteiger partial charge >= 0.3 is 6.09 Å². The van der Waals surface area contributed by atoms with Crippen molar-refractivity contribution in [2.75, 3.05) is 13.1 Å². The molecule has 1 fully saturated rings. The average molecular weight is 295 g/mol. The number of aromatic nitrogens is 1. The molecule has 1 N–H and O–H groups in total. The SMILES string of the molecule is CC(C)(C)OC(=O)N1CCCC(NCc2ccon2)CC1. The number of hydrogen-bond donors (Lipinski definition) is 1. The third-order valence-electron chi connectivity index (χ3n) is 3.44. The Hall–Kier alpha value is -1.56. The molecule has 0 spiro atoms. The molecule has 0 aromatic carbocycles. The van der Waals surface area contributed by atoms with Crippen LogP contribution in [0.4, 0.5) is 4.79 Å². The fourth-order valence-electron chi connectivity index (χ4n) is 2.39. The van der Waals surface area contributed by atoms with Crippen molar-refractivity contribution in [3.63, 3.8) is 0 Å². The van der Waals surface area contributed by atoms with Crippen molar-refractivity contribution >= 4 is 6.09 Å². The molecular weight excluding hydrogens is 270 g/mol. The summed E-state index contributed by atoms with van der Waals surface area (Å²) in [6.07, 6.45) is 4.33. The quantitative estimate of drug-likeness (QED) is 0.928. The van der Waals surface area contributed by atoms with Gasteiger partial charge in [0.1, 0.15) is 11.9 Å². The molecule has 0 radical (unpaired) electrons. The van der Waals surface area contributed by atoms with Gasteiger partial charge < -0.3 is 19.5 Å². The van der Waals surface area contributed by atoms with Crippen molar-refractivity contribution in [2.45, 2.75) is 58.2 Å². The number of carbonyl (C=O) groups excluding carboxylic acids is 1. The first-order valence-electron chi connectivity index (χ1n) is 7.54. The summed E-state index contributed by atoms with van der Waals surface area (Å²) < 4.78 is 10.2. The summed E-state index contributed by atoms with van der Waals surface area (Å²) in [6.45, 7) is 7.87. The Morgan fingerprint density at radius 1 is 1.48 bits per heavy atom. The fourth-order valence-corrected chi connectivity index (χ4v) is 2.39. The van der Waals surface area contributed by atoms with Gasteiger partial charge in [-0.1, -0.05) is 5.16 Å². The van der Waals surface area contributed by atoms with Crippen LogP contribution in [0, 0.1) is 0 Å². The van der Waals surface area contributed by atoms with Gasteiger partial charge in [0.05, 0.1) is 5.69 Å². The van der Waals surface area contributed by atoms with E-state index in [9.17, 15) is 4.79 Å². The first-order chi connectivity index (χ1) is 9.94. The molecule has 0 aliphatic carbocycles. The standard InChI is InChI=1S/C15H25N3O3/c1-15(2,3)21-14(19)18-8-4-5-12(6-9-18)16-11-13-7-10-20-17-13/h7,10,12,16H,4-6,8-9,11H2,1-3H3. The summed E-state index contributed by atoms with van der Waals surface area (Å²) >= 11 is 0. The van der Waals surface area contributed by atoms with E-state index in [2.05, 4.69) is 10.5 Å². The van der Waals surface area contributed by atoms with E-state index in [-0.39, 0.29) is 6.09 Å². The normalized spacial score (nSPS) is 20.1. The smallest absolute Gasteiger partial charge is 0.410 e. The fraction of sp³-hybridized carbons (Fsp3) is 0.733. The predicted molar refractivity (Wildman–Crippen MR) is 78.8 cm³/mol. The maximum Gasteiger partial charge on any atom is 0.410 e. The molecule has 1 amide bonds. The largest absolute Gasteiger partial charge is 0.444 e. The van der Waals surface area contributed by atoms with Crippen molar-refractivity contribution in [3.8, 4) is 0 Å². The van der Waals surface area contributed by atoms with Crippen LogP contribution in [0.3, 0.4) is 0 Å². The molecule has 1 atom stereocenters. The maximum atomic E-state index is 12.1. The summed E-state index contributed by atoms with van der Waals surface area (Å²) in [5.41, 5.74) is 0.469. The first-order valence-corrected chi connectivity index (χ1v) is 7.54. The van der Waals surface area contributed by atoms with Crippen molar-refractivity contribution < 1.29 is 14.1 Å². The maximum absolute atomic E-state index is 12.1. The van der Waals surface area contributed by atoms with E-state index < -0.39 is 5.60 Å². The summed E-state index contributed by atoms with van der Waals surface area (Å²) in [5.74, 6) is 0. The molecule has 1 aromatic heterocycles. The molecule has 2 rings (SSSR count). The number of ether oxygens (including phenoxy) is 1. The minimum absolute atomic E-state index is 0.209. The van der Waals surface area contributed by atoms with E-state index in [1.54, 1.807) is 6.26 Å². The highest BCUT2D eigenvalue weighted by atomic mass is 16.6. The minimum atomic E-state index is -0.437. The van der Waals surface area contributed by atoms with E-state index in [0.717, 1.165) is 38.0 Å². The van der Waals surface area contributed by atoms with Crippen LogP contribution in [0.5, 0.6) is 0 Å². The zero-order chi connectivity index (χ0) is 15.3. The minimum Gasteiger partial charge on any atom is -0.444 e. The highest BCUT2D eigenvalue weighted by molar-refractivity contribution is 5.68. The Morgan fingerprint density at radius 2 is 2.29 bits per heavy atom. The molecule has 1 saturated heterocycles. The lowest BCUT2D eigenvalue weighted by Gasteiger charge is -2.26. The highest BCUT2D eigenvalue weighted by Crippen LogP contribution is 2.15. The first kappa shape index (κ1) is 15.8. The van der Waals surface area contributed by atoms with Gasteiger partial charge in [-0.25, -0.2) is 4.79 Å². The number of likely N-dealkylation sites (tertiary alicyclic amines) is 1. The van der Waals surface area contributed by atoms with Gasteiger partial charge in [-0.15, -0.1) is 0 Å². The van der Waals surface area contributed by atoms with E-state index in [0.29, 0.717) is 12.6 Å². The van der Waals surface area contributed by atoms with Crippen molar-refractivity contribution in [2.24, 2.45) is 0 Å². The number of rotatable bonds is 3. The Morgan fingerprint density at radius 3 is 2.95 bits per heavy atom. The Bertz CT molecular complexity index is 440. The van der Waals surface area contributed by atoms with Crippen LogP contribution in [0.2, 0.25) is 0 Å². The van der Waals surface area contributed by atoms with Crippen molar-refractivity contribution in [1.29, 1.82) is 0 Å². The molecule has 1 unspecified atom stereocenters. The van der Waals surface area contributed by atoms with Crippen LogP contribution >= 0.6 is 0 Å². The molecule has 6 nitrogen and oxygen atoms in total. The number of amides is 1. The van der Waals surface area contributed by atoms with Gasteiger partial charge in [0, 0.05) is 31.7 Å². The van der Waals surface area contributed by atoms with Gasteiger partial charge in [0.2, 0.25) is 0 Å². The van der Waals surface area contributed by atoms with Crippen molar-refractivity contribution in [3.05, 3.63) is 18.0 Å². The molecule has 21 heavy (non-hydrogen) atoms. The summed E-state index contributed by atoms with van der Waals surface area (Å²) in [5, 5.41) is 7.36. The molecule has 2 heterocycles. The lowest BCUT2D eigenvalue weighted by molar-refractivity contribution is 0.0256. The monoisotopic (exact) mass is 295 g/mol. The number of nitrogens with one attached hydrogen (secondary N) is 1. The second-order valence-corrected chi connectivity index (χ2v) is 6.47. The Kier molecular flexibility index (Phi) is 5.22. The summed E-state index contributed by atoms with van der Waals surface area (Å²) in [7, 11) is 0. The molecule has 6 heteroatoms.